The van der Waals surface area contributed by atoms with E-state index < -0.39 is 6.61 Å². The molecule has 3 rings (SSSR count). The first-order valence-electron chi connectivity index (χ1n) is 9.82. The average Bonchev–Trinajstić information content (AvgIpc) is 3.14. The Morgan fingerprint density at radius 1 is 1.06 bits per heavy atom. The second-order valence-corrected chi connectivity index (χ2v) is 6.79. The zero-order valence-corrected chi connectivity index (χ0v) is 20.1. The first-order valence-corrected chi connectivity index (χ1v) is 9.82. The molecule has 0 spiro atoms. The topological polar surface area (TPSA) is 70.7 Å². The van der Waals surface area contributed by atoms with Crippen molar-refractivity contribution in [2.75, 3.05) is 27.2 Å². The third-order valence-electron chi connectivity index (χ3n) is 4.79. The number of benzene rings is 2. The molecule has 0 amide bonds. The molecule has 174 valence electrons. The Bertz CT molecular complexity index is 1040. The molecule has 0 aliphatic carbocycles. The Kier molecular flexibility index (Phi) is 9.95. The van der Waals surface area contributed by atoms with Crippen LogP contribution in [0, 0.1) is 5.82 Å². The molecule has 0 saturated heterocycles. The molecule has 1 heterocycles. The fourth-order valence-corrected chi connectivity index (χ4v) is 3.29. The summed E-state index contributed by atoms with van der Waals surface area (Å²) < 4.78 is 48.0. The highest BCUT2D eigenvalue weighted by Crippen LogP contribution is 2.29. The Morgan fingerprint density at radius 2 is 1.81 bits per heavy atom. The number of aromatic nitrogens is 1. The van der Waals surface area contributed by atoms with Gasteiger partial charge in [0, 0.05) is 37.2 Å². The summed E-state index contributed by atoms with van der Waals surface area (Å²) in [6.07, 6.45) is 3.20. The van der Waals surface area contributed by atoms with E-state index in [4.69, 9.17) is 4.74 Å². The van der Waals surface area contributed by atoms with Gasteiger partial charge in [0.2, 0.25) is 0 Å². The van der Waals surface area contributed by atoms with Gasteiger partial charge in [0.05, 0.1) is 7.11 Å². The maximum absolute atomic E-state index is 13.3. The van der Waals surface area contributed by atoms with Gasteiger partial charge in [0.1, 0.15) is 5.82 Å². The number of halogens is 4. The molecule has 0 fully saturated rings. The standard InChI is InChI=1S/C22H25F3N4O2.HI/c1-26-22(28-10-8-15-13-29-18-12-16(23)4-5-17(15)18)27-9-7-14-3-6-19(30-2)20(11-14)31-21(24)25;/h3-6,11-13,21,29H,7-10H2,1-2H3,(H2,26,27,28);1H. The Morgan fingerprint density at radius 3 is 2.50 bits per heavy atom. The predicted molar refractivity (Wildman–Crippen MR) is 130 cm³/mol. The van der Waals surface area contributed by atoms with Crippen molar-refractivity contribution in [2.24, 2.45) is 4.99 Å². The summed E-state index contributed by atoms with van der Waals surface area (Å²) in [7, 11) is 3.07. The molecule has 0 aliphatic rings. The van der Waals surface area contributed by atoms with Crippen LogP contribution in [0.1, 0.15) is 11.1 Å². The quantitative estimate of drug-likeness (QED) is 0.204. The molecule has 0 radical (unpaired) electrons. The van der Waals surface area contributed by atoms with Gasteiger partial charge in [-0.05, 0) is 54.3 Å². The van der Waals surface area contributed by atoms with E-state index in [0.717, 1.165) is 28.5 Å². The van der Waals surface area contributed by atoms with Gasteiger partial charge < -0.3 is 25.1 Å². The molecule has 2 aromatic carbocycles. The van der Waals surface area contributed by atoms with Crippen molar-refractivity contribution < 1.29 is 22.6 Å². The highest BCUT2D eigenvalue weighted by molar-refractivity contribution is 14.0. The van der Waals surface area contributed by atoms with Gasteiger partial charge in [0.15, 0.2) is 17.5 Å². The van der Waals surface area contributed by atoms with Crippen LogP contribution < -0.4 is 20.1 Å². The van der Waals surface area contributed by atoms with E-state index in [2.05, 4.69) is 25.3 Å². The molecule has 0 saturated carbocycles. The molecular formula is C22H26F3IN4O2. The fraction of sp³-hybridized carbons (Fsp3) is 0.318. The Labute approximate surface area is 201 Å². The van der Waals surface area contributed by atoms with Crippen LogP contribution in [0.4, 0.5) is 13.2 Å². The lowest BCUT2D eigenvalue weighted by Crippen LogP contribution is -2.39. The van der Waals surface area contributed by atoms with E-state index in [0.29, 0.717) is 25.5 Å². The first-order chi connectivity index (χ1) is 15.0. The van der Waals surface area contributed by atoms with E-state index in [9.17, 15) is 13.2 Å². The lowest BCUT2D eigenvalue weighted by molar-refractivity contribution is -0.0512. The summed E-state index contributed by atoms with van der Waals surface area (Å²) in [4.78, 5) is 7.27. The van der Waals surface area contributed by atoms with Crippen LogP contribution in [0.2, 0.25) is 0 Å². The van der Waals surface area contributed by atoms with Crippen molar-refractivity contribution >= 4 is 40.8 Å². The maximum Gasteiger partial charge on any atom is 0.387 e. The highest BCUT2D eigenvalue weighted by atomic mass is 127. The molecule has 0 bridgehead atoms. The second-order valence-electron chi connectivity index (χ2n) is 6.79. The molecule has 1 aromatic heterocycles. The summed E-state index contributed by atoms with van der Waals surface area (Å²) in [5.74, 6) is 0.627. The van der Waals surface area contributed by atoms with Gasteiger partial charge in [-0.25, -0.2) is 4.39 Å². The number of aromatic amines is 1. The van der Waals surface area contributed by atoms with Crippen LogP contribution in [0.25, 0.3) is 10.9 Å². The summed E-state index contributed by atoms with van der Waals surface area (Å²) in [5, 5.41) is 7.42. The maximum atomic E-state index is 13.3. The number of nitrogens with one attached hydrogen (secondary N) is 3. The number of hydrogen-bond donors (Lipinski definition) is 3. The number of rotatable bonds is 9. The lowest BCUT2D eigenvalue weighted by atomic mass is 10.1. The van der Waals surface area contributed by atoms with Crippen LogP contribution in [0.5, 0.6) is 11.5 Å². The third-order valence-corrected chi connectivity index (χ3v) is 4.79. The first kappa shape index (κ1) is 25.6. The average molecular weight is 562 g/mol. The smallest absolute Gasteiger partial charge is 0.387 e. The zero-order valence-electron chi connectivity index (χ0n) is 17.8. The van der Waals surface area contributed by atoms with Crippen LogP contribution in [-0.2, 0) is 12.8 Å². The molecular weight excluding hydrogens is 536 g/mol. The van der Waals surface area contributed by atoms with Gasteiger partial charge in [-0.1, -0.05) is 6.07 Å². The molecule has 32 heavy (non-hydrogen) atoms. The monoisotopic (exact) mass is 562 g/mol. The van der Waals surface area contributed by atoms with E-state index in [1.54, 1.807) is 31.3 Å². The molecule has 0 unspecified atom stereocenters. The Balaban J connectivity index is 0.00000363. The van der Waals surface area contributed by atoms with Crippen molar-refractivity contribution in [3.05, 3.63) is 59.5 Å². The number of ether oxygens (including phenoxy) is 2. The number of fused-ring (bicyclic) bond motifs is 1. The van der Waals surface area contributed by atoms with Gasteiger partial charge in [-0.3, -0.25) is 4.99 Å². The minimum atomic E-state index is -2.92. The van der Waals surface area contributed by atoms with Gasteiger partial charge in [-0.2, -0.15) is 8.78 Å². The summed E-state index contributed by atoms with van der Waals surface area (Å²) >= 11 is 0. The molecule has 0 aliphatic heterocycles. The summed E-state index contributed by atoms with van der Waals surface area (Å²) in [5.41, 5.74) is 2.68. The predicted octanol–water partition coefficient (Wildman–Crippen LogP) is 4.49. The number of methoxy groups -OCH3 is 1. The number of nitrogens with zero attached hydrogens (tertiary/aromatic N) is 1. The van der Waals surface area contributed by atoms with E-state index in [1.807, 2.05) is 6.20 Å². The number of aliphatic imine (C=N–C) groups is 1. The van der Waals surface area contributed by atoms with Crippen molar-refractivity contribution in [2.45, 2.75) is 19.5 Å². The molecule has 3 aromatic rings. The second kappa shape index (κ2) is 12.4. The third kappa shape index (κ3) is 6.94. The van der Waals surface area contributed by atoms with Crippen molar-refractivity contribution in [3.63, 3.8) is 0 Å². The zero-order chi connectivity index (χ0) is 22.2. The van der Waals surface area contributed by atoms with Crippen molar-refractivity contribution in [1.29, 1.82) is 0 Å². The number of alkyl halides is 2. The molecule has 3 N–H and O–H groups in total. The van der Waals surface area contributed by atoms with Crippen LogP contribution in [0.3, 0.4) is 0 Å². The Hall–Kier alpha value is -2.63. The van der Waals surface area contributed by atoms with Crippen molar-refractivity contribution in [1.82, 2.24) is 15.6 Å². The summed E-state index contributed by atoms with van der Waals surface area (Å²) in [6, 6.07) is 9.64. The van der Waals surface area contributed by atoms with Crippen molar-refractivity contribution in [3.8, 4) is 11.5 Å². The molecule has 10 heteroatoms. The fourth-order valence-electron chi connectivity index (χ4n) is 3.29. The number of H-pyrrole nitrogens is 1. The normalized spacial score (nSPS) is 11.4. The van der Waals surface area contributed by atoms with Crippen LogP contribution in [-0.4, -0.2) is 44.8 Å². The molecule has 0 atom stereocenters. The largest absolute Gasteiger partial charge is 0.493 e. The van der Waals surface area contributed by atoms with Crippen LogP contribution >= 0.6 is 24.0 Å². The summed E-state index contributed by atoms with van der Waals surface area (Å²) in [6.45, 7) is -1.73. The van der Waals surface area contributed by atoms with Gasteiger partial charge in [0.25, 0.3) is 0 Å². The minimum Gasteiger partial charge on any atom is -0.493 e. The highest BCUT2D eigenvalue weighted by Gasteiger charge is 2.11. The SMILES string of the molecule is CN=C(NCCc1ccc(OC)c(OC(F)F)c1)NCCc1c[nH]c2cc(F)ccc12.I. The van der Waals surface area contributed by atoms with Gasteiger partial charge >= 0.3 is 6.61 Å². The molecule has 6 nitrogen and oxygen atoms in total. The van der Waals surface area contributed by atoms with E-state index in [1.165, 1.54) is 19.2 Å². The van der Waals surface area contributed by atoms with Crippen LogP contribution in [0.15, 0.2) is 47.6 Å². The van der Waals surface area contributed by atoms with Gasteiger partial charge in [-0.15, -0.1) is 24.0 Å². The minimum absolute atomic E-state index is 0. The number of hydrogen-bond acceptors (Lipinski definition) is 3. The van der Waals surface area contributed by atoms with E-state index >= 15 is 0 Å². The lowest BCUT2D eigenvalue weighted by Gasteiger charge is -2.13. The van der Waals surface area contributed by atoms with E-state index in [-0.39, 0.29) is 41.3 Å². The number of guanidine groups is 1.